The van der Waals surface area contributed by atoms with E-state index in [9.17, 15) is 0 Å². The molecule has 5 heteroatoms. The molecule has 99 valence electrons. The number of nitrogens with zero attached hydrogens (tertiary/aromatic N) is 1. The zero-order valence-electron chi connectivity index (χ0n) is 11.0. The molecular formula is C10H28NO3Ta-3. The van der Waals surface area contributed by atoms with Crippen LogP contribution in [0.5, 0.6) is 0 Å². The van der Waals surface area contributed by atoms with E-state index in [4.69, 9.17) is 10.2 Å². The Morgan fingerprint density at radius 3 is 1.33 bits per heavy atom. The van der Waals surface area contributed by atoms with Gasteiger partial charge in [-0.15, -0.1) is 7.05 Å². The van der Waals surface area contributed by atoms with Gasteiger partial charge in [0.25, 0.3) is 0 Å². The topological polar surface area (TPSA) is 63.8 Å². The van der Waals surface area contributed by atoms with Crippen LogP contribution >= 0.6 is 0 Å². The average molecular weight is 391 g/mol. The van der Waals surface area contributed by atoms with Crippen LogP contribution in [0.2, 0.25) is 0 Å². The minimum absolute atomic E-state index is 0. The van der Waals surface area contributed by atoms with E-state index in [1.54, 1.807) is 20.9 Å². The molecular weight excluding hydrogens is 363 g/mol. The molecule has 0 unspecified atom stereocenters. The summed E-state index contributed by atoms with van der Waals surface area (Å²) >= 11 is 0. The van der Waals surface area contributed by atoms with Crippen LogP contribution in [0, 0.1) is 14.9 Å². The smallest absolute Gasteiger partial charge is 0.0402 e. The molecule has 0 heterocycles. The summed E-state index contributed by atoms with van der Waals surface area (Å²) in [7, 11) is 1.63. The Kier molecular flexibility index (Phi) is 149. The van der Waals surface area contributed by atoms with Crippen LogP contribution in [0.1, 0.15) is 27.2 Å². The Labute approximate surface area is 112 Å². The molecule has 0 aromatic rings. The molecule has 1 radical (unpaired) electrons. The van der Waals surface area contributed by atoms with Crippen molar-refractivity contribution in [3.05, 3.63) is 20.3 Å². The van der Waals surface area contributed by atoms with Crippen LogP contribution in [-0.4, -0.2) is 37.1 Å². The predicted molar refractivity (Wildman–Crippen MR) is 63.9 cm³/mol. The summed E-state index contributed by atoms with van der Waals surface area (Å²) in [6.45, 7) is 6.65. The van der Waals surface area contributed by atoms with Crippen molar-refractivity contribution in [3.8, 4) is 0 Å². The molecule has 0 aromatic carbocycles. The van der Waals surface area contributed by atoms with E-state index in [1.807, 2.05) is 6.92 Å². The van der Waals surface area contributed by atoms with Crippen LogP contribution in [0.4, 0.5) is 0 Å². The van der Waals surface area contributed by atoms with Crippen molar-refractivity contribution in [2.75, 3.05) is 26.9 Å². The molecule has 15 heavy (non-hydrogen) atoms. The molecule has 0 saturated carbocycles. The van der Waals surface area contributed by atoms with Crippen molar-refractivity contribution in [3.63, 3.8) is 0 Å². The SMILES string of the molecule is CCCO[N-]C.CCO.CCO.[CH3-].[CH3-].[Ta]. The Hall–Kier alpha value is 0.580. The van der Waals surface area contributed by atoms with Crippen molar-refractivity contribution in [2.24, 2.45) is 0 Å². The molecule has 0 aliphatic rings. The van der Waals surface area contributed by atoms with E-state index in [2.05, 4.69) is 10.3 Å². The summed E-state index contributed by atoms with van der Waals surface area (Å²) in [5.41, 5.74) is 3.43. The maximum absolute atomic E-state index is 7.57. The fourth-order valence-electron chi connectivity index (χ4n) is 0.183. The van der Waals surface area contributed by atoms with E-state index in [1.165, 1.54) is 0 Å². The maximum Gasteiger partial charge on any atom is 0.0402 e. The third-order valence-corrected chi connectivity index (χ3v) is 0.425. The van der Waals surface area contributed by atoms with Gasteiger partial charge in [-0.3, -0.25) is 0 Å². The van der Waals surface area contributed by atoms with Crippen LogP contribution in [0.15, 0.2) is 0 Å². The molecule has 0 atom stereocenters. The van der Waals surface area contributed by atoms with Gasteiger partial charge in [0.15, 0.2) is 0 Å². The van der Waals surface area contributed by atoms with Crippen LogP contribution in [0.25, 0.3) is 5.48 Å². The van der Waals surface area contributed by atoms with E-state index in [0.29, 0.717) is 0 Å². The van der Waals surface area contributed by atoms with Crippen LogP contribution < -0.4 is 0 Å². The fraction of sp³-hybridized carbons (Fsp3) is 0.800. The van der Waals surface area contributed by atoms with Crippen molar-refractivity contribution < 1.29 is 37.4 Å². The van der Waals surface area contributed by atoms with Gasteiger partial charge in [-0.1, -0.05) is 6.92 Å². The summed E-state index contributed by atoms with van der Waals surface area (Å²) in [5.74, 6) is 0. The Morgan fingerprint density at radius 2 is 1.27 bits per heavy atom. The van der Waals surface area contributed by atoms with Gasteiger partial charge in [0.05, 0.1) is 0 Å². The molecule has 0 spiro atoms. The van der Waals surface area contributed by atoms with E-state index in [-0.39, 0.29) is 50.4 Å². The number of hydrogen-bond acceptors (Lipinski definition) is 3. The predicted octanol–water partition coefficient (Wildman–Crippen LogP) is 2.23. The number of hydrogen-bond donors (Lipinski definition) is 2. The minimum Gasteiger partial charge on any atom is -0.537 e. The van der Waals surface area contributed by atoms with Crippen LogP contribution in [-0.2, 0) is 27.2 Å². The van der Waals surface area contributed by atoms with Gasteiger partial charge < -0.3 is 35.4 Å². The molecule has 4 nitrogen and oxygen atoms in total. The van der Waals surface area contributed by atoms with Gasteiger partial charge in [0, 0.05) is 42.2 Å². The number of rotatable bonds is 3. The number of hydroxylamine groups is 1. The molecule has 0 rings (SSSR count). The zero-order valence-corrected chi connectivity index (χ0v) is 14.2. The van der Waals surface area contributed by atoms with E-state index >= 15 is 0 Å². The second kappa shape index (κ2) is 62.1. The summed E-state index contributed by atoms with van der Waals surface area (Å²) < 4.78 is 0. The minimum atomic E-state index is 0. The quantitative estimate of drug-likeness (QED) is 0.441. The number of aliphatic hydroxyl groups excluding tert-OH is 2. The first-order chi connectivity index (χ1) is 5.74. The molecule has 0 bridgehead atoms. The average Bonchev–Trinajstić information content (AvgIpc) is 2.04. The molecule has 0 fully saturated rings. The summed E-state index contributed by atoms with van der Waals surface area (Å²) in [4.78, 5) is 4.61. The van der Waals surface area contributed by atoms with Gasteiger partial charge in [-0.05, 0) is 20.3 Å². The van der Waals surface area contributed by atoms with Crippen LogP contribution in [0.3, 0.4) is 0 Å². The fourth-order valence-corrected chi connectivity index (χ4v) is 0.183. The van der Waals surface area contributed by atoms with E-state index < -0.39 is 0 Å². The molecule has 0 aliphatic carbocycles. The second-order valence-electron chi connectivity index (χ2n) is 1.65. The van der Waals surface area contributed by atoms with Gasteiger partial charge in [0.2, 0.25) is 0 Å². The first kappa shape index (κ1) is 36.1. The third kappa shape index (κ3) is 180. The monoisotopic (exact) mass is 391 g/mol. The zero-order chi connectivity index (χ0) is 10.2. The molecule has 0 aliphatic heterocycles. The Morgan fingerprint density at radius 1 is 1.00 bits per heavy atom. The van der Waals surface area contributed by atoms with Crippen molar-refractivity contribution in [2.45, 2.75) is 27.2 Å². The standard InChI is InChI=1S/C4H10NO.2C2H6O.2CH3.Ta/c1-3-4-6-5-2;2*1-2-3;;;/h3-4H2,1-2H3;2*3H,2H2,1H3;2*1H3;/q-1;;;2*-1;. The van der Waals surface area contributed by atoms with E-state index in [0.717, 1.165) is 13.0 Å². The normalized spacial score (nSPS) is 6.00. The summed E-state index contributed by atoms with van der Waals surface area (Å²) in [5, 5.41) is 15.1. The first-order valence-electron chi connectivity index (χ1n) is 4.17. The molecule has 0 aromatic heterocycles. The first-order valence-corrected chi connectivity index (χ1v) is 4.17. The summed E-state index contributed by atoms with van der Waals surface area (Å²) in [6, 6.07) is 0. The second-order valence-corrected chi connectivity index (χ2v) is 1.65. The summed E-state index contributed by atoms with van der Waals surface area (Å²) in [6.07, 6.45) is 1.04. The Balaban J connectivity index is -0.0000000200. The largest absolute Gasteiger partial charge is 0.537 e. The Bertz CT molecular complexity index is 45.6. The molecule has 0 amide bonds. The maximum atomic E-state index is 7.57. The van der Waals surface area contributed by atoms with Gasteiger partial charge >= 0.3 is 0 Å². The van der Waals surface area contributed by atoms with Gasteiger partial charge in [-0.25, -0.2) is 0 Å². The van der Waals surface area contributed by atoms with Gasteiger partial charge in [0.1, 0.15) is 0 Å². The van der Waals surface area contributed by atoms with Crippen molar-refractivity contribution in [1.29, 1.82) is 0 Å². The van der Waals surface area contributed by atoms with Crippen molar-refractivity contribution in [1.82, 2.24) is 0 Å². The van der Waals surface area contributed by atoms with Gasteiger partial charge in [-0.2, -0.15) is 0 Å². The molecule has 2 N–H and O–H groups in total. The molecule has 0 saturated heterocycles. The number of aliphatic hydroxyl groups is 2. The third-order valence-electron chi connectivity index (χ3n) is 0.425. The van der Waals surface area contributed by atoms with Crippen molar-refractivity contribution >= 4 is 0 Å².